The molecule has 0 aliphatic heterocycles. The molecule has 0 rings (SSSR count). The molecule has 0 radical (unpaired) electrons. The molecule has 0 fully saturated rings. The standard InChI is InChI=1S/C78H152O17P2/c1-8-10-11-12-13-28-38-45-52-59-75(80)88-65-73(95-78(83)62-55-48-41-34-27-26-31-37-44-51-58-71(7)9-2)67-92-96(84,85)90-63-72(79)64-91-97(86,87)93-68-74(94-77(82)61-54-47-40-33-25-21-17-15-19-23-30-36-43-50-57-70(5)6)66-89-76(81)60-53-46-39-32-24-20-16-14-18-22-29-35-42-49-56-69(3)4/h69-74,79H,8-68H2,1-7H3,(H,84,85)(H,86,87)/t71?,72-,73+,74+/m0/s1. The number of hydrogen-bond acceptors (Lipinski definition) is 15. The highest BCUT2D eigenvalue weighted by Gasteiger charge is 2.30. The van der Waals surface area contributed by atoms with Crippen LogP contribution in [0.2, 0.25) is 0 Å². The first-order valence-corrected chi connectivity index (χ1v) is 43.4. The van der Waals surface area contributed by atoms with Crippen molar-refractivity contribution in [3.05, 3.63) is 0 Å². The van der Waals surface area contributed by atoms with Crippen LogP contribution in [-0.4, -0.2) is 96.7 Å². The maximum Gasteiger partial charge on any atom is 0.472 e. The van der Waals surface area contributed by atoms with E-state index in [4.69, 9.17) is 37.0 Å². The fourth-order valence-corrected chi connectivity index (χ4v) is 13.5. The number of carbonyl (C=O) groups is 4. The Labute approximate surface area is 594 Å². The summed E-state index contributed by atoms with van der Waals surface area (Å²) in [6.45, 7) is 12.0. The van der Waals surface area contributed by atoms with Gasteiger partial charge in [0.1, 0.15) is 19.3 Å². The van der Waals surface area contributed by atoms with Gasteiger partial charge in [-0.1, -0.05) is 350 Å². The minimum atomic E-state index is -4.96. The van der Waals surface area contributed by atoms with Gasteiger partial charge in [0.05, 0.1) is 26.4 Å². The molecule has 0 aliphatic carbocycles. The summed E-state index contributed by atoms with van der Waals surface area (Å²) in [5.74, 6) is 0.282. The summed E-state index contributed by atoms with van der Waals surface area (Å²) in [5, 5.41) is 10.6. The lowest BCUT2D eigenvalue weighted by molar-refractivity contribution is -0.161. The molecule has 0 saturated heterocycles. The Morgan fingerprint density at radius 2 is 0.526 bits per heavy atom. The van der Waals surface area contributed by atoms with E-state index in [1.165, 1.54) is 212 Å². The summed E-state index contributed by atoms with van der Waals surface area (Å²) < 4.78 is 68.6. The summed E-state index contributed by atoms with van der Waals surface area (Å²) in [5.41, 5.74) is 0. The fraction of sp³-hybridized carbons (Fsp3) is 0.949. The quantitative estimate of drug-likeness (QED) is 0.0222. The summed E-state index contributed by atoms with van der Waals surface area (Å²) in [7, 11) is -9.91. The third-order valence-corrected chi connectivity index (χ3v) is 20.4. The third kappa shape index (κ3) is 70.9. The Balaban J connectivity index is 5.24. The first-order valence-electron chi connectivity index (χ1n) is 40.4. The molecule has 6 atom stereocenters. The number of aliphatic hydroxyl groups excluding tert-OH is 1. The van der Waals surface area contributed by atoms with Crippen LogP contribution >= 0.6 is 15.6 Å². The first-order chi connectivity index (χ1) is 46.8. The largest absolute Gasteiger partial charge is 0.472 e. The van der Waals surface area contributed by atoms with Gasteiger partial charge in [-0.2, -0.15) is 0 Å². The van der Waals surface area contributed by atoms with Crippen LogP contribution in [-0.2, 0) is 65.4 Å². The van der Waals surface area contributed by atoms with Crippen molar-refractivity contribution in [1.29, 1.82) is 0 Å². The Morgan fingerprint density at radius 3 is 0.784 bits per heavy atom. The second kappa shape index (κ2) is 68.5. The smallest absolute Gasteiger partial charge is 0.462 e. The van der Waals surface area contributed by atoms with Crippen molar-refractivity contribution in [1.82, 2.24) is 0 Å². The van der Waals surface area contributed by atoms with E-state index in [0.29, 0.717) is 25.7 Å². The van der Waals surface area contributed by atoms with E-state index < -0.39 is 97.5 Å². The number of ether oxygens (including phenoxy) is 4. The van der Waals surface area contributed by atoms with Crippen molar-refractivity contribution >= 4 is 39.5 Å². The zero-order valence-electron chi connectivity index (χ0n) is 63.5. The van der Waals surface area contributed by atoms with Crippen LogP contribution in [0.25, 0.3) is 0 Å². The molecule has 0 aromatic carbocycles. The van der Waals surface area contributed by atoms with Crippen LogP contribution in [0.4, 0.5) is 0 Å². The van der Waals surface area contributed by atoms with Gasteiger partial charge in [-0.15, -0.1) is 0 Å². The summed E-state index contributed by atoms with van der Waals surface area (Å²) in [6.07, 6.45) is 55.4. The number of unbranched alkanes of at least 4 members (excludes halogenated alkanes) is 43. The Morgan fingerprint density at radius 1 is 0.299 bits per heavy atom. The molecule has 17 nitrogen and oxygen atoms in total. The zero-order valence-corrected chi connectivity index (χ0v) is 65.3. The molecule has 0 heterocycles. The van der Waals surface area contributed by atoms with Gasteiger partial charge in [0.25, 0.3) is 0 Å². The van der Waals surface area contributed by atoms with Crippen LogP contribution in [0, 0.1) is 17.8 Å². The molecule has 0 amide bonds. The van der Waals surface area contributed by atoms with Crippen LogP contribution in [0.3, 0.4) is 0 Å². The van der Waals surface area contributed by atoms with Crippen molar-refractivity contribution < 1.29 is 80.2 Å². The van der Waals surface area contributed by atoms with Gasteiger partial charge in [-0.3, -0.25) is 37.3 Å². The van der Waals surface area contributed by atoms with Gasteiger partial charge >= 0.3 is 39.5 Å². The number of hydrogen-bond donors (Lipinski definition) is 3. The number of phosphoric acid groups is 2. The van der Waals surface area contributed by atoms with E-state index >= 15 is 0 Å². The highest BCUT2D eigenvalue weighted by atomic mass is 31.2. The molecule has 3 unspecified atom stereocenters. The molecule has 0 aromatic heterocycles. The minimum absolute atomic E-state index is 0.106. The Kier molecular flexibility index (Phi) is 67.1. The van der Waals surface area contributed by atoms with Gasteiger partial charge < -0.3 is 33.8 Å². The van der Waals surface area contributed by atoms with Crippen molar-refractivity contribution in [3.8, 4) is 0 Å². The number of rotatable bonds is 76. The topological polar surface area (TPSA) is 237 Å². The molecule has 0 bridgehead atoms. The molecule has 0 aromatic rings. The molecule has 0 spiro atoms. The van der Waals surface area contributed by atoms with E-state index in [-0.39, 0.29) is 25.7 Å². The number of aliphatic hydroxyl groups is 1. The summed E-state index contributed by atoms with van der Waals surface area (Å²) >= 11 is 0. The molecule has 0 saturated carbocycles. The first kappa shape index (κ1) is 95.1. The van der Waals surface area contributed by atoms with Gasteiger partial charge in [0.2, 0.25) is 0 Å². The van der Waals surface area contributed by atoms with E-state index in [2.05, 4.69) is 48.5 Å². The van der Waals surface area contributed by atoms with E-state index in [1.807, 2.05) is 0 Å². The highest BCUT2D eigenvalue weighted by Crippen LogP contribution is 2.45. The van der Waals surface area contributed by atoms with E-state index in [0.717, 1.165) is 108 Å². The monoisotopic (exact) mass is 1420 g/mol. The molecule has 3 N–H and O–H groups in total. The summed E-state index contributed by atoms with van der Waals surface area (Å²) in [6, 6.07) is 0. The molecular formula is C78H152O17P2. The molecule has 576 valence electrons. The Bertz CT molecular complexity index is 1890. The lowest BCUT2D eigenvalue weighted by Gasteiger charge is -2.21. The van der Waals surface area contributed by atoms with Gasteiger partial charge in [0.15, 0.2) is 12.2 Å². The lowest BCUT2D eigenvalue weighted by atomic mass is 9.99. The maximum absolute atomic E-state index is 13.1. The third-order valence-electron chi connectivity index (χ3n) is 18.5. The molecule has 0 aliphatic rings. The van der Waals surface area contributed by atoms with Crippen LogP contribution in [0.1, 0.15) is 402 Å². The van der Waals surface area contributed by atoms with Gasteiger partial charge in [0, 0.05) is 25.7 Å². The second-order valence-electron chi connectivity index (χ2n) is 29.3. The fourth-order valence-electron chi connectivity index (χ4n) is 11.9. The predicted molar refractivity (Wildman–Crippen MR) is 395 cm³/mol. The SMILES string of the molecule is CCCCCCCCCCCC(=O)OC[C@H](COP(=O)(O)OC[C@H](O)COP(=O)(O)OC[C@@H](COC(=O)CCCCCCCCCCCCCCCCC(C)C)OC(=O)CCCCCCCCCCCCCCCCC(C)C)OC(=O)CCCCCCCCCCCCC(C)CC. The van der Waals surface area contributed by atoms with Crippen LogP contribution < -0.4 is 0 Å². The normalized spacial score (nSPS) is 14.3. The van der Waals surface area contributed by atoms with Crippen LogP contribution in [0.5, 0.6) is 0 Å². The number of esters is 4. The average molecular weight is 1420 g/mol. The van der Waals surface area contributed by atoms with Crippen molar-refractivity contribution in [2.24, 2.45) is 17.8 Å². The van der Waals surface area contributed by atoms with Crippen molar-refractivity contribution in [2.75, 3.05) is 39.6 Å². The predicted octanol–water partition coefficient (Wildman–Crippen LogP) is 23.0. The lowest BCUT2D eigenvalue weighted by Crippen LogP contribution is -2.30. The average Bonchev–Trinajstić information content (AvgIpc) is 2.13. The van der Waals surface area contributed by atoms with Crippen molar-refractivity contribution in [3.63, 3.8) is 0 Å². The second-order valence-corrected chi connectivity index (χ2v) is 32.2. The minimum Gasteiger partial charge on any atom is -0.462 e. The van der Waals surface area contributed by atoms with Gasteiger partial charge in [-0.25, -0.2) is 9.13 Å². The van der Waals surface area contributed by atoms with E-state index in [9.17, 15) is 43.2 Å². The number of phosphoric ester groups is 2. The summed E-state index contributed by atoms with van der Waals surface area (Å²) in [4.78, 5) is 72.9. The number of carbonyl (C=O) groups excluding carboxylic acids is 4. The molecular weight excluding hydrogens is 1270 g/mol. The van der Waals surface area contributed by atoms with Crippen LogP contribution in [0.15, 0.2) is 0 Å². The maximum atomic E-state index is 13.1. The van der Waals surface area contributed by atoms with Crippen molar-refractivity contribution in [2.45, 2.75) is 420 Å². The molecule has 19 heteroatoms. The molecule has 97 heavy (non-hydrogen) atoms. The Hall–Kier alpha value is -1.94. The van der Waals surface area contributed by atoms with E-state index in [1.54, 1.807) is 0 Å². The highest BCUT2D eigenvalue weighted by molar-refractivity contribution is 7.47. The van der Waals surface area contributed by atoms with Gasteiger partial charge in [-0.05, 0) is 43.4 Å². The zero-order chi connectivity index (χ0) is 71.6.